The predicted molar refractivity (Wildman–Crippen MR) is 106 cm³/mol. The second-order valence-electron chi connectivity index (χ2n) is 6.43. The molecule has 2 aromatic rings. The van der Waals surface area contributed by atoms with Crippen molar-refractivity contribution in [3.63, 3.8) is 0 Å². The van der Waals surface area contributed by atoms with Gasteiger partial charge < -0.3 is 15.1 Å². The molecule has 0 atom stereocenters. The van der Waals surface area contributed by atoms with Gasteiger partial charge >= 0.3 is 0 Å². The first-order valence-electron chi connectivity index (χ1n) is 8.81. The van der Waals surface area contributed by atoms with Gasteiger partial charge in [-0.25, -0.2) is 4.39 Å². The van der Waals surface area contributed by atoms with E-state index in [1.54, 1.807) is 19.2 Å². The minimum absolute atomic E-state index is 0.216. The molecule has 0 unspecified atom stereocenters. The van der Waals surface area contributed by atoms with Crippen molar-refractivity contribution in [1.29, 1.82) is 0 Å². The monoisotopic (exact) mass is 352 g/mol. The fourth-order valence-electron chi connectivity index (χ4n) is 3.02. The summed E-state index contributed by atoms with van der Waals surface area (Å²) in [5, 5.41) is 3.38. The number of nitrogens with zero attached hydrogens (tertiary/aromatic N) is 3. The molecule has 3 rings (SSSR count). The van der Waals surface area contributed by atoms with Crippen LogP contribution in [0.1, 0.15) is 11.1 Å². The van der Waals surface area contributed by atoms with Crippen molar-refractivity contribution in [2.45, 2.75) is 13.1 Å². The molecule has 1 N–H and O–H groups in total. The third-order valence-corrected chi connectivity index (χ3v) is 4.48. The van der Waals surface area contributed by atoms with Gasteiger partial charge in [-0.15, -0.1) is 0 Å². The van der Waals surface area contributed by atoms with Gasteiger partial charge in [-0.1, -0.05) is 36.4 Å². The van der Waals surface area contributed by atoms with E-state index in [0.29, 0.717) is 13.1 Å². The average molecular weight is 352 g/mol. The number of anilines is 1. The van der Waals surface area contributed by atoms with Crippen molar-refractivity contribution < 1.29 is 4.39 Å². The number of halogens is 1. The normalized spacial score (nSPS) is 14.0. The molecular weight excluding hydrogens is 327 g/mol. The van der Waals surface area contributed by atoms with Gasteiger partial charge in [0.25, 0.3) is 0 Å². The van der Waals surface area contributed by atoms with E-state index >= 15 is 0 Å². The van der Waals surface area contributed by atoms with Gasteiger partial charge in [-0.05, 0) is 35.4 Å². The Morgan fingerprint density at radius 1 is 1.04 bits per heavy atom. The van der Waals surface area contributed by atoms with Crippen LogP contribution in [-0.4, -0.2) is 38.0 Å². The zero-order valence-corrected chi connectivity index (χ0v) is 15.3. The smallest absolute Gasteiger partial charge is 0.193 e. The van der Waals surface area contributed by atoms with Crippen LogP contribution in [0.5, 0.6) is 0 Å². The number of hydrogen-bond acceptors (Lipinski definition) is 2. The third-order valence-electron chi connectivity index (χ3n) is 4.48. The summed E-state index contributed by atoms with van der Waals surface area (Å²) >= 11 is 0. The fourth-order valence-corrected chi connectivity index (χ4v) is 3.02. The average Bonchev–Trinajstić information content (AvgIpc) is 3.19. The molecule has 2 aromatic carbocycles. The predicted octanol–water partition coefficient (Wildman–Crippen LogP) is 3.41. The summed E-state index contributed by atoms with van der Waals surface area (Å²) in [5.74, 6) is 0.592. The highest BCUT2D eigenvalue weighted by molar-refractivity contribution is 5.79. The van der Waals surface area contributed by atoms with Crippen LogP contribution < -0.4 is 10.2 Å². The van der Waals surface area contributed by atoms with E-state index < -0.39 is 0 Å². The van der Waals surface area contributed by atoms with Crippen molar-refractivity contribution in [2.75, 3.05) is 32.1 Å². The van der Waals surface area contributed by atoms with E-state index in [2.05, 4.69) is 51.6 Å². The lowest BCUT2D eigenvalue weighted by Crippen LogP contribution is -2.38. The van der Waals surface area contributed by atoms with Crippen LogP contribution in [0.3, 0.4) is 0 Å². The molecule has 0 saturated carbocycles. The number of guanidine groups is 1. The summed E-state index contributed by atoms with van der Waals surface area (Å²) in [6.45, 7) is 3.34. The van der Waals surface area contributed by atoms with Gasteiger partial charge in [0, 0.05) is 46.0 Å². The van der Waals surface area contributed by atoms with Crippen molar-refractivity contribution in [3.05, 3.63) is 77.6 Å². The van der Waals surface area contributed by atoms with Gasteiger partial charge in [0.15, 0.2) is 5.96 Å². The SMILES string of the molecule is CN=C(NCc1ccc(N2CC=CC2)cc1)N(C)Cc1ccc(F)cc1. The molecule has 0 radical (unpaired) electrons. The molecule has 136 valence electrons. The van der Waals surface area contributed by atoms with Crippen molar-refractivity contribution >= 4 is 11.6 Å². The molecule has 4 nitrogen and oxygen atoms in total. The molecule has 0 aromatic heterocycles. The van der Waals surface area contributed by atoms with Gasteiger partial charge in [0.2, 0.25) is 0 Å². The molecular formula is C21H25FN4. The zero-order chi connectivity index (χ0) is 18.4. The van der Waals surface area contributed by atoms with Crippen LogP contribution in [0.4, 0.5) is 10.1 Å². The standard InChI is InChI=1S/C21H25FN4/c1-23-21(25(2)16-18-5-9-19(22)10-6-18)24-15-17-7-11-20(12-8-17)26-13-3-4-14-26/h3-12H,13-16H2,1-2H3,(H,23,24). The maximum atomic E-state index is 13.0. The van der Waals surface area contributed by atoms with Crippen molar-refractivity contribution in [1.82, 2.24) is 10.2 Å². The highest BCUT2D eigenvalue weighted by Crippen LogP contribution is 2.17. The highest BCUT2D eigenvalue weighted by Gasteiger charge is 2.09. The molecule has 0 aliphatic carbocycles. The van der Waals surface area contributed by atoms with Crippen LogP contribution >= 0.6 is 0 Å². The maximum Gasteiger partial charge on any atom is 0.193 e. The van der Waals surface area contributed by atoms with Crippen molar-refractivity contribution in [2.24, 2.45) is 4.99 Å². The minimum atomic E-state index is -0.216. The molecule has 1 heterocycles. The van der Waals surface area contributed by atoms with Crippen LogP contribution in [0.2, 0.25) is 0 Å². The molecule has 5 heteroatoms. The van der Waals surface area contributed by atoms with E-state index in [9.17, 15) is 4.39 Å². The Bertz CT molecular complexity index is 758. The number of nitrogens with one attached hydrogen (secondary N) is 1. The summed E-state index contributed by atoms with van der Waals surface area (Å²) in [5.41, 5.74) is 3.49. The van der Waals surface area contributed by atoms with E-state index in [-0.39, 0.29) is 5.82 Å². The summed E-state index contributed by atoms with van der Waals surface area (Å²) in [4.78, 5) is 8.69. The molecule has 0 saturated heterocycles. The summed E-state index contributed by atoms with van der Waals surface area (Å²) < 4.78 is 13.0. The van der Waals surface area contributed by atoms with Crippen LogP contribution in [0.15, 0.2) is 65.7 Å². The Morgan fingerprint density at radius 3 is 2.27 bits per heavy atom. The minimum Gasteiger partial charge on any atom is -0.364 e. The number of hydrogen-bond donors (Lipinski definition) is 1. The summed E-state index contributed by atoms with van der Waals surface area (Å²) in [6, 6.07) is 15.2. The quantitative estimate of drug-likeness (QED) is 0.508. The van der Waals surface area contributed by atoms with E-state index in [1.165, 1.54) is 23.4 Å². The molecule has 26 heavy (non-hydrogen) atoms. The fraction of sp³-hybridized carbons (Fsp3) is 0.286. The molecule has 0 bridgehead atoms. The number of aliphatic imine (C=N–C) groups is 1. The van der Waals surface area contributed by atoms with Gasteiger partial charge in [-0.2, -0.15) is 0 Å². The van der Waals surface area contributed by atoms with Crippen LogP contribution in [0.25, 0.3) is 0 Å². The maximum absolute atomic E-state index is 13.0. The Balaban J connectivity index is 1.53. The molecule has 0 fully saturated rings. The lowest BCUT2D eigenvalue weighted by Gasteiger charge is -2.22. The number of rotatable bonds is 5. The zero-order valence-electron chi connectivity index (χ0n) is 15.3. The number of benzene rings is 2. The molecule has 1 aliphatic rings. The third kappa shape index (κ3) is 4.63. The van der Waals surface area contributed by atoms with Gasteiger partial charge in [0.05, 0.1) is 0 Å². The van der Waals surface area contributed by atoms with E-state index in [0.717, 1.165) is 24.6 Å². The Hall–Kier alpha value is -2.82. The summed E-state index contributed by atoms with van der Waals surface area (Å²) in [7, 11) is 3.75. The first kappa shape index (κ1) is 18.0. The first-order valence-corrected chi connectivity index (χ1v) is 8.81. The molecule has 1 aliphatic heterocycles. The largest absolute Gasteiger partial charge is 0.364 e. The molecule has 0 spiro atoms. The molecule has 0 amide bonds. The second-order valence-corrected chi connectivity index (χ2v) is 6.43. The lowest BCUT2D eigenvalue weighted by atomic mass is 10.2. The van der Waals surface area contributed by atoms with Gasteiger partial charge in [0.1, 0.15) is 5.82 Å². The summed E-state index contributed by atoms with van der Waals surface area (Å²) in [6.07, 6.45) is 4.38. The Kier molecular flexibility index (Phi) is 5.89. The van der Waals surface area contributed by atoms with E-state index in [4.69, 9.17) is 0 Å². The topological polar surface area (TPSA) is 30.9 Å². The van der Waals surface area contributed by atoms with Crippen LogP contribution in [-0.2, 0) is 13.1 Å². The van der Waals surface area contributed by atoms with Crippen LogP contribution in [0, 0.1) is 5.82 Å². The Labute approximate surface area is 154 Å². The van der Waals surface area contributed by atoms with E-state index in [1.807, 2.05) is 11.9 Å². The first-order chi connectivity index (χ1) is 12.7. The van der Waals surface area contributed by atoms with Gasteiger partial charge in [-0.3, -0.25) is 4.99 Å². The second kappa shape index (κ2) is 8.52. The Morgan fingerprint density at radius 2 is 1.65 bits per heavy atom. The van der Waals surface area contributed by atoms with Crippen molar-refractivity contribution in [3.8, 4) is 0 Å². The highest BCUT2D eigenvalue weighted by atomic mass is 19.1. The lowest BCUT2D eigenvalue weighted by molar-refractivity contribution is 0.476.